The van der Waals surface area contributed by atoms with Gasteiger partial charge in [0, 0.05) is 37.9 Å². The molecule has 1 aliphatic rings. The Bertz CT molecular complexity index is 906. The highest BCUT2D eigenvalue weighted by Gasteiger charge is 2.18. The van der Waals surface area contributed by atoms with Gasteiger partial charge in [0.1, 0.15) is 12.4 Å². The lowest BCUT2D eigenvalue weighted by Gasteiger charge is -2.31. The van der Waals surface area contributed by atoms with E-state index in [1.54, 1.807) is 0 Å². The van der Waals surface area contributed by atoms with Crippen molar-refractivity contribution in [2.45, 2.75) is 32.0 Å². The van der Waals surface area contributed by atoms with E-state index in [2.05, 4.69) is 22.0 Å². The molecule has 1 fully saturated rings. The zero-order valence-corrected chi connectivity index (χ0v) is 18.9. The van der Waals surface area contributed by atoms with Gasteiger partial charge < -0.3 is 24.3 Å². The lowest BCUT2D eigenvalue weighted by molar-refractivity contribution is -0.0512. The molecule has 0 saturated carbocycles. The molecule has 2 aromatic carbocycles. The highest BCUT2D eigenvalue weighted by Crippen LogP contribution is 2.29. The quantitative estimate of drug-likeness (QED) is 0.547. The fourth-order valence-corrected chi connectivity index (χ4v) is 3.65. The van der Waals surface area contributed by atoms with Gasteiger partial charge in [0.25, 0.3) is 5.91 Å². The van der Waals surface area contributed by atoms with Crippen molar-refractivity contribution in [3.8, 4) is 17.2 Å². The predicted molar refractivity (Wildman–Crippen MR) is 119 cm³/mol. The van der Waals surface area contributed by atoms with Crippen LogP contribution in [0.3, 0.4) is 0 Å². The molecule has 0 bridgehead atoms. The van der Waals surface area contributed by atoms with Gasteiger partial charge in [-0.3, -0.25) is 9.69 Å². The van der Waals surface area contributed by atoms with Crippen molar-refractivity contribution in [2.75, 3.05) is 40.5 Å². The average Bonchev–Trinajstić information content (AvgIpc) is 2.83. The monoisotopic (exact) mass is 464 g/mol. The Hall–Kier alpha value is -2.91. The van der Waals surface area contributed by atoms with Crippen LogP contribution in [0, 0.1) is 0 Å². The summed E-state index contributed by atoms with van der Waals surface area (Å²) >= 11 is 0. The summed E-state index contributed by atoms with van der Waals surface area (Å²) in [6.07, 6.45) is 2.08. The van der Waals surface area contributed by atoms with Gasteiger partial charge in [-0.2, -0.15) is 8.78 Å². The van der Waals surface area contributed by atoms with Crippen LogP contribution in [-0.4, -0.2) is 64.0 Å². The fourth-order valence-electron chi connectivity index (χ4n) is 3.65. The molecule has 3 rings (SSSR count). The van der Waals surface area contributed by atoms with Crippen LogP contribution in [0.1, 0.15) is 28.8 Å². The topological polar surface area (TPSA) is 69.3 Å². The Balaban J connectivity index is 1.49. The minimum Gasteiger partial charge on any atom is -0.493 e. The minimum atomic E-state index is -2.98. The number of hydrogen-bond donors (Lipinski definition) is 1. The third-order valence-corrected chi connectivity index (χ3v) is 5.52. The Kier molecular flexibility index (Phi) is 9.26. The molecule has 0 atom stereocenters. The molecule has 0 aromatic heterocycles. The van der Waals surface area contributed by atoms with E-state index in [1.807, 2.05) is 24.3 Å². The van der Waals surface area contributed by atoms with E-state index >= 15 is 0 Å². The first-order valence-corrected chi connectivity index (χ1v) is 10.9. The summed E-state index contributed by atoms with van der Waals surface area (Å²) in [6, 6.07) is 12.1. The largest absolute Gasteiger partial charge is 0.493 e. The molecule has 33 heavy (non-hydrogen) atoms. The number of hydrogen-bond acceptors (Lipinski definition) is 6. The Morgan fingerprint density at radius 1 is 1.18 bits per heavy atom. The number of halogens is 2. The summed E-state index contributed by atoms with van der Waals surface area (Å²) in [5.41, 5.74) is 1.15. The maximum atomic E-state index is 12.5. The molecule has 1 N–H and O–H groups in total. The Morgan fingerprint density at radius 2 is 1.97 bits per heavy atom. The third-order valence-electron chi connectivity index (χ3n) is 5.52. The molecule has 1 amide bonds. The number of nitrogens with one attached hydrogen (secondary N) is 1. The van der Waals surface area contributed by atoms with E-state index in [-0.39, 0.29) is 29.5 Å². The van der Waals surface area contributed by atoms with Crippen molar-refractivity contribution >= 4 is 5.91 Å². The number of benzene rings is 2. The first kappa shape index (κ1) is 24.7. The van der Waals surface area contributed by atoms with Crippen molar-refractivity contribution in [1.82, 2.24) is 10.2 Å². The summed E-state index contributed by atoms with van der Waals surface area (Å²) in [5, 5.41) is 2.81. The number of amides is 1. The second-order valence-electron chi connectivity index (χ2n) is 7.75. The predicted octanol–water partition coefficient (Wildman–Crippen LogP) is 3.72. The zero-order chi connectivity index (χ0) is 23.6. The third kappa shape index (κ3) is 7.57. The average molecular weight is 465 g/mol. The van der Waals surface area contributed by atoms with Crippen LogP contribution in [0.5, 0.6) is 17.2 Å². The summed E-state index contributed by atoms with van der Waals surface area (Å²) < 4.78 is 45.7. The minimum absolute atomic E-state index is 0.0593. The number of likely N-dealkylation sites (N-methyl/N-ethyl adjacent to an activating group) is 1. The summed E-state index contributed by atoms with van der Waals surface area (Å²) in [5.74, 6) is 0.305. The highest BCUT2D eigenvalue weighted by molar-refractivity contribution is 5.94. The van der Waals surface area contributed by atoms with Crippen LogP contribution in [0.4, 0.5) is 8.78 Å². The summed E-state index contributed by atoms with van der Waals surface area (Å²) in [6.45, 7) is 0.314. The van der Waals surface area contributed by atoms with Gasteiger partial charge in [-0.05, 0) is 55.8 Å². The number of nitrogens with zero attached hydrogens (tertiary/aromatic N) is 1. The van der Waals surface area contributed by atoms with Crippen LogP contribution in [-0.2, 0) is 11.3 Å². The van der Waals surface area contributed by atoms with Gasteiger partial charge >= 0.3 is 6.61 Å². The lowest BCUT2D eigenvalue weighted by atomic mass is 10.1. The molecule has 0 unspecified atom stereocenters. The maximum absolute atomic E-state index is 12.5. The number of ether oxygens (including phenoxy) is 4. The zero-order valence-electron chi connectivity index (χ0n) is 18.9. The standard InChI is InChI=1S/C24H30F2N2O5/c1-28(19-8-11-31-12-9-19)10-13-32-20-5-3-4-17(14-20)16-27-23(29)18-6-7-21(33-24(25)26)22(15-18)30-2/h3-7,14-15,19,24H,8-13,16H2,1-2H3,(H,27,29). The number of rotatable bonds is 11. The molecule has 0 radical (unpaired) electrons. The van der Waals surface area contributed by atoms with Crippen LogP contribution < -0.4 is 19.5 Å². The van der Waals surface area contributed by atoms with E-state index in [4.69, 9.17) is 14.2 Å². The highest BCUT2D eigenvalue weighted by atomic mass is 19.3. The second kappa shape index (κ2) is 12.4. The molecule has 2 aromatic rings. The van der Waals surface area contributed by atoms with Crippen LogP contribution >= 0.6 is 0 Å². The van der Waals surface area contributed by atoms with Gasteiger partial charge in [0.2, 0.25) is 0 Å². The molecule has 180 valence electrons. The van der Waals surface area contributed by atoms with Gasteiger partial charge in [-0.15, -0.1) is 0 Å². The van der Waals surface area contributed by atoms with Gasteiger partial charge in [0.15, 0.2) is 11.5 Å². The Labute approximate surface area is 192 Å². The maximum Gasteiger partial charge on any atom is 0.387 e. The molecule has 1 saturated heterocycles. The number of methoxy groups -OCH3 is 1. The molecule has 1 heterocycles. The van der Waals surface area contributed by atoms with E-state index in [0.717, 1.165) is 43.9 Å². The van der Waals surface area contributed by atoms with E-state index < -0.39 is 6.61 Å². The smallest absolute Gasteiger partial charge is 0.387 e. The second-order valence-corrected chi connectivity index (χ2v) is 7.75. The van der Waals surface area contributed by atoms with Gasteiger partial charge in [-0.1, -0.05) is 12.1 Å². The van der Waals surface area contributed by atoms with Crippen molar-refractivity contribution in [1.29, 1.82) is 0 Å². The van der Waals surface area contributed by atoms with E-state index in [9.17, 15) is 13.6 Å². The van der Waals surface area contributed by atoms with E-state index in [0.29, 0.717) is 12.6 Å². The van der Waals surface area contributed by atoms with Crippen molar-refractivity contribution in [2.24, 2.45) is 0 Å². The molecule has 0 spiro atoms. The molecular weight excluding hydrogens is 434 g/mol. The van der Waals surface area contributed by atoms with Crippen molar-refractivity contribution in [3.05, 3.63) is 53.6 Å². The molecule has 1 aliphatic heterocycles. The first-order valence-electron chi connectivity index (χ1n) is 10.9. The SMILES string of the molecule is COc1cc(C(=O)NCc2cccc(OCCN(C)C3CCOCC3)c2)ccc1OC(F)F. The molecular formula is C24H30F2N2O5. The number of alkyl halides is 2. The Morgan fingerprint density at radius 3 is 2.70 bits per heavy atom. The van der Waals surface area contributed by atoms with Crippen molar-refractivity contribution in [3.63, 3.8) is 0 Å². The van der Waals surface area contributed by atoms with Crippen LogP contribution in [0.2, 0.25) is 0 Å². The van der Waals surface area contributed by atoms with Gasteiger partial charge in [-0.25, -0.2) is 0 Å². The number of carbonyl (C=O) groups is 1. The van der Waals surface area contributed by atoms with Crippen LogP contribution in [0.15, 0.2) is 42.5 Å². The van der Waals surface area contributed by atoms with Gasteiger partial charge in [0.05, 0.1) is 7.11 Å². The van der Waals surface area contributed by atoms with Crippen molar-refractivity contribution < 1.29 is 32.5 Å². The fraction of sp³-hybridized carbons (Fsp3) is 0.458. The lowest BCUT2D eigenvalue weighted by Crippen LogP contribution is -2.38. The normalized spacial score (nSPS) is 14.4. The first-order chi connectivity index (χ1) is 16.0. The number of carbonyl (C=O) groups excluding carboxylic acids is 1. The van der Waals surface area contributed by atoms with E-state index in [1.165, 1.54) is 25.3 Å². The molecule has 9 heteroatoms. The van der Waals surface area contributed by atoms with Crippen LogP contribution in [0.25, 0.3) is 0 Å². The summed E-state index contributed by atoms with van der Waals surface area (Å²) in [7, 11) is 3.43. The molecule has 7 nitrogen and oxygen atoms in total. The summed E-state index contributed by atoms with van der Waals surface area (Å²) in [4.78, 5) is 14.8. The molecule has 0 aliphatic carbocycles.